The van der Waals surface area contributed by atoms with Crippen molar-refractivity contribution >= 4 is 46.7 Å². The molecule has 30 heavy (non-hydrogen) atoms. The molecule has 0 radical (unpaired) electrons. The van der Waals surface area contributed by atoms with Crippen molar-refractivity contribution in [1.29, 1.82) is 0 Å². The minimum atomic E-state index is -0.455. The molecule has 2 heterocycles. The molecular weight excluding hydrogens is 422 g/mol. The molecule has 1 fully saturated rings. The summed E-state index contributed by atoms with van der Waals surface area (Å²) in [4.78, 5) is 28.3. The Labute approximate surface area is 186 Å². The van der Waals surface area contributed by atoms with E-state index < -0.39 is 6.10 Å². The minimum Gasteiger partial charge on any atom is -0.461 e. The van der Waals surface area contributed by atoms with Gasteiger partial charge in [-0.1, -0.05) is 11.6 Å². The first-order valence-corrected chi connectivity index (χ1v) is 11.5. The van der Waals surface area contributed by atoms with Gasteiger partial charge in [0.25, 0.3) is 12.4 Å². The predicted molar refractivity (Wildman–Crippen MR) is 123 cm³/mol. The lowest BCUT2D eigenvalue weighted by Crippen LogP contribution is -2.41. The molecule has 1 saturated heterocycles. The van der Waals surface area contributed by atoms with Crippen molar-refractivity contribution in [3.05, 3.63) is 45.6 Å². The van der Waals surface area contributed by atoms with E-state index in [9.17, 15) is 9.59 Å². The van der Waals surface area contributed by atoms with Crippen LogP contribution in [0.25, 0.3) is 0 Å². The molecule has 1 aliphatic rings. The van der Waals surface area contributed by atoms with E-state index in [1.165, 1.54) is 36.3 Å². The van der Waals surface area contributed by atoms with Crippen LogP contribution in [0.15, 0.2) is 36.4 Å². The number of amides is 1. The first kappa shape index (κ1) is 22.4. The van der Waals surface area contributed by atoms with Gasteiger partial charge in [0, 0.05) is 31.0 Å². The van der Waals surface area contributed by atoms with Crippen molar-refractivity contribution in [3.63, 3.8) is 0 Å². The van der Waals surface area contributed by atoms with Gasteiger partial charge in [-0.2, -0.15) is 0 Å². The zero-order valence-electron chi connectivity index (χ0n) is 17.2. The van der Waals surface area contributed by atoms with Crippen molar-refractivity contribution in [2.75, 3.05) is 42.5 Å². The first-order valence-electron chi connectivity index (χ1n) is 10.3. The number of nitrogens with one attached hydrogen (secondary N) is 1. The third kappa shape index (κ3) is 6.12. The van der Waals surface area contributed by atoms with Crippen LogP contribution in [0.1, 0.15) is 35.9 Å². The molecule has 1 atom stereocenters. The van der Waals surface area contributed by atoms with E-state index in [4.69, 9.17) is 16.3 Å². The molecule has 0 saturated carbocycles. The van der Waals surface area contributed by atoms with Crippen molar-refractivity contribution < 1.29 is 14.3 Å². The Morgan fingerprint density at radius 2 is 1.97 bits per heavy atom. The number of likely N-dealkylation sites (N-methyl/N-ethyl adjacent to an activating group) is 1. The second-order valence-corrected chi connectivity index (χ2v) is 8.99. The fourth-order valence-corrected chi connectivity index (χ4v) is 4.61. The Hall–Kier alpha value is -2.25. The Bertz CT molecular complexity index is 821. The molecule has 162 valence electrons. The maximum atomic E-state index is 12.3. The lowest BCUT2D eigenvalue weighted by Gasteiger charge is -2.30. The number of halogens is 1. The summed E-state index contributed by atoms with van der Waals surface area (Å²) in [5.74, 6) is -0.222. The Morgan fingerprint density at radius 3 is 2.57 bits per heavy atom. The summed E-state index contributed by atoms with van der Waals surface area (Å²) >= 11 is 7.11. The minimum absolute atomic E-state index is 0.222. The Balaban J connectivity index is 1.59. The zero-order valence-corrected chi connectivity index (χ0v) is 18.8. The fraction of sp³-hybridized carbons (Fsp3) is 0.455. The number of rotatable bonds is 10. The summed E-state index contributed by atoms with van der Waals surface area (Å²) in [5.41, 5.74) is 2.31. The van der Waals surface area contributed by atoms with Gasteiger partial charge in [-0.05, 0) is 62.6 Å². The lowest BCUT2D eigenvalue weighted by molar-refractivity contribution is -0.132. The van der Waals surface area contributed by atoms with Gasteiger partial charge in [0.2, 0.25) is 0 Å². The number of hydrogen-bond donors (Lipinski definition) is 1. The van der Waals surface area contributed by atoms with E-state index >= 15 is 0 Å². The van der Waals surface area contributed by atoms with E-state index in [1.54, 1.807) is 12.1 Å². The van der Waals surface area contributed by atoms with E-state index in [1.807, 2.05) is 0 Å². The van der Waals surface area contributed by atoms with Crippen LogP contribution in [-0.4, -0.2) is 51.2 Å². The van der Waals surface area contributed by atoms with E-state index in [0.717, 1.165) is 25.3 Å². The highest BCUT2D eigenvalue weighted by Crippen LogP contribution is 2.24. The maximum absolute atomic E-state index is 12.3. The molecule has 8 heteroatoms. The number of ether oxygens (including phenoxy) is 1. The first-order chi connectivity index (χ1) is 14.6. The number of anilines is 2. The largest absolute Gasteiger partial charge is 0.461 e. The molecule has 1 N–H and O–H groups in total. The van der Waals surface area contributed by atoms with Crippen molar-refractivity contribution in [2.24, 2.45) is 0 Å². The molecule has 0 unspecified atom stereocenters. The Kier molecular flexibility index (Phi) is 8.39. The van der Waals surface area contributed by atoms with Crippen molar-refractivity contribution in [2.45, 2.75) is 32.3 Å². The number of piperidine rings is 1. The van der Waals surface area contributed by atoms with Gasteiger partial charge in [0.1, 0.15) is 6.10 Å². The summed E-state index contributed by atoms with van der Waals surface area (Å²) in [6, 6.07) is 11.9. The maximum Gasteiger partial charge on any atom is 0.293 e. The summed E-state index contributed by atoms with van der Waals surface area (Å²) in [6.45, 7) is 6.20. The molecule has 0 bridgehead atoms. The van der Waals surface area contributed by atoms with Crippen molar-refractivity contribution in [1.82, 2.24) is 5.32 Å². The second kappa shape index (κ2) is 11.2. The number of hydrogen-bond acceptors (Lipinski definition) is 6. The quantitative estimate of drug-likeness (QED) is 0.551. The van der Waals surface area contributed by atoms with Crippen LogP contribution in [0.2, 0.25) is 4.34 Å². The van der Waals surface area contributed by atoms with Gasteiger partial charge in [0.15, 0.2) is 0 Å². The predicted octanol–water partition coefficient (Wildman–Crippen LogP) is 4.19. The van der Waals surface area contributed by atoms with Crippen LogP contribution >= 0.6 is 22.9 Å². The summed E-state index contributed by atoms with van der Waals surface area (Å²) in [6.07, 6.45) is 3.35. The lowest BCUT2D eigenvalue weighted by atomic mass is 10.1. The molecule has 6 nitrogen and oxygen atoms in total. The third-order valence-corrected chi connectivity index (χ3v) is 6.51. The van der Waals surface area contributed by atoms with E-state index in [2.05, 4.69) is 46.3 Å². The summed E-state index contributed by atoms with van der Waals surface area (Å²) in [5, 5.41) is 2.83. The molecule has 2 aromatic rings. The third-order valence-electron chi connectivity index (χ3n) is 5.28. The number of nitrogens with zero attached hydrogens (tertiary/aromatic N) is 2. The van der Waals surface area contributed by atoms with E-state index in [-0.39, 0.29) is 12.5 Å². The standard InChI is InChI=1S/C22H28ClN3O3S/c1-2-25(17-6-8-18(9-7-17)26-12-4-3-5-13-26)15-19(29-16-27)14-24-22(28)20-10-11-21(23)30-20/h6-11,16,19H,2-5,12-15H2,1H3,(H,24,28)/t19-/m0/s1. The Morgan fingerprint density at radius 1 is 1.23 bits per heavy atom. The SMILES string of the molecule is CCN(C[C@H](CNC(=O)c1ccc(Cl)s1)OC=O)c1ccc(N2CCCCC2)cc1. The van der Waals surface area contributed by atoms with Crippen LogP contribution < -0.4 is 15.1 Å². The smallest absolute Gasteiger partial charge is 0.293 e. The highest BCUT2D eigenvalue weighted by molar-refractivity contribution is 7.17. The van der Waals surface area contributed by atoms with Crippen LogP contribution in [0.4, 0.5) is 11.4 Å². The van der Waals surface area contributed by atoms with Gasteiger partial charge in [-0.25, -0.2) is 0 Å². The van der Waals surface area contributed by atoms with Crippen LogP contribution in [0, 0.1) is 0 Å². The van der Waals surface area contributed by atoms with Gasteiger partial charge in [-0.3, -0.25) is 9.59 Å². The molecule has 1 amide bonds. The molecule has 3 rings (SSSR count). The van der Waals surface area contributed by atoms with Crippen molar-refractivity contribution in [3.8, 4) is 0 Å². The fourth-order valence-electron chi connectivity index (χ4n) is 3.65. The summed E-state index contributed by atoms with van der Waals surface area (Å²) < 4.78 is 5.80. The molecule has 1 aromatic heterocycles. The van der Waals surface area contributed by atoms with Gasteiger partial charge < -0.3 is 19.9 Å². The second-order valence-electron chi connectivity index (χ2n) is 7.27. The van der Waals surface area contributed by atoms with Crippen LogP contribution in [0.5, 0.6) is 0 Å². The van der Waals surface area contributed by atoms with Crippen LogP contribution in [-0.2, 0) is 9.53 Å². The molecular formula is C22H28ClN3O3S. The van der Waals surface area contributed by atoms with Gasteiger partial charge >= 0.3 is 0 Å². The molecule has 1 aliphatic heterocycles. The van der Waals surface area contributed by atoms with Gasteiger partial charge in [0.05, 0.1) is 22.3 Å². The topological polar surface area (TPSA) is 61.9 Å². The number of benzene rings is 1. The number of carbonyl (C=O) groups excluding carboxylic acids is 2. The number of thiophene rings is 1. The number of carbonyl (C=O) groups is 2. The summed E-state index contributed by atoms with van der Waals surface area (Å²) in [7, 11) is 0. The zero-order chi connectivity index (χ0) is 21.3. The highest BCUT2D eigenvalue weighted by Gasteiger charge is 2.18. The molecule has 0 spiro atoms. The average Bonchev–Trinajstić information content (AvgIpc) is 3.22. The van der Waals surface area contributed by atoms with Crippen LogP contribution in [0.3, 0.4) is 0 Å². The molecule has 0 aliphatic carbocycles. The normalized spacial score (nSPS) is 14.8. The monoisotopic (exact) mass is 449 g/mol. The van der Waals surface area contributed by atoms with E-state index in [0.29, 0.717) is 22.2 Å². The average molecular weight is 450 g/mol. The molecule has 1 aromatic carbocycles. The highest BCUT2D eigenvalue weighted by atomic mass is 35.5. The van der Waals surface area contributed by atoms with Gasteiger partial charge in [-0.15, -0.1) is 11.3 Å².